The molecule has 0 amide bonds. The van der Waals surface area contributed by atoms with Gasteiger partial charge in [0, 0.05) is 6.07 Å². The molecule has 0 radical (unpaired) electrons. The molecule has 0 aromatic heterocycles. The van der Waals surface area contributed by atoms with Gasteiger partial charge in [-0.1, -0.05) is 0 Å². The average Bonchev–Trinajstić information content (AvgIpc) is 2.95. The molecule has 0 saturated heterocycles. The van der Waals surface area contributed by atoms with E-state index in [2.05, 4.69) is 4.99 Å². The number of nitrogens with zero attached hydrogens (tertiary/aromatic N) is 2. The first-order chi connectivity index (χ1) is 8.59. The van der Waals surface area contributed by atoms with Crippen LogP contribution in [0.4, 0.5) is 0 Å². The summed E-state index contributed by atoms with van der Waals surface area (Å²) in [5.41, 5.74) is 0. The average molecular weight is 268 g/mol. The van der Waals surface area contributed by atoms with Gasteiger partial charge in [0.05, 0.1) is 18.0 Å². The standard InChI is InChI=1S/C11H12N2O4S/c1-8-12-4-5-13(8)18(14,15)9-2-3-10-11(6-9)17-7-16-10/h2-3,6H,4-5,7H2,1H3. The second kappa shape index (κ2) is 3.88. The lowest BCUT2D eigenvalue weighted by Gasteiger charge is -2.18. The SMILES string of the molecule is CC1=NCCN1S(=O)(=O)c1ccc2c(c1)OCO2. The number of aliphatic imine (C=N–C) groups is 1. The molecule has 0 aliphatic carbocycles. The normalized spacial score (nSPS) is 18.1. The maximum Gasteiger partial charge on any atom is 0.265 e. The Bertz CT molecular complexity index is 624. The smallest absolute Gasteiger partial charge is 0.265 e. The lowest BCUT2D eigenvalue weighted by molar-refractivity contribution is 0.174. The van der Waals surface area contributed by atoms with Crippen molar-refractivity contribution in [1.82, 2.24) is 4.31 Å². The summed E-state index contributed by atoms with van der Waals surface area (Å²) in [6.07, 6.45) is 0. The van der Waals surface area contributed by atoms with Crippen molar-refractivity contribution in [3.63, 3.8) is 0 Å². The van der Waals surface area contributed by atoms with E-state index < -0.39 is 10.0 Å². The van der Waals surface area contributed by atoms with Crippen LogP contribution in [0, 0.1) is 0 Å². The van der Waals surface area contributed by atoms with Gasteiger partial charge < -0.3 is 9.47 Å². The zero-order chi connectivity index (χ0) is 12.8. The Hall–Kier alpha value is -1.76. The van der Waals surface area contributed by atoms with E-state index in [-0.39, 0.29) is 11.7 Å². The van der Waals surface area contributed by atoms with E-state index in [0.717, 1.165) is 0 Å². The number of rotatable bonds is 2. The summed E-state index contributed by atoms with van der Waals surface area (Å²) in [7, 11) is -3.54. The Morgan fingerprint density at radius 3 is 2.78 bits per heavy atom. The minimum atomic E-state index is -3.54. The fourth-order valence-electron chi connectivity index (χ4n) is 2.00. The minimum Gasteiger partial charge on any atom is -0.454 e. The van der Waals surface area contributed by atoms with E-state index in [1.54, 1.807) is 13.0 Å². The van der Waals surface area contributed by atoms with Gasteiger partial charge in [-0.2, -0.15) is 0 Å². The molecule has 1 aromatic rings. The van der Waals surface area contributed by atoms with Gasteiger partial charge in [0.15, 0.2) is 11.5 Å². The van der Waals surface area contributed by atoms with Crippen molar-refractivity contribution in [2.75, 3.05) is 19.9 Å². The van der Waals surface area contributed by atoms with Crippen LogP contribution < -0.4 is 9.47 Å². The molecule has 0 N–H and O–H groups in total. The molecule has 0 saturated carbocycles. The fourth-order valence-corrected chi connectivity index (χ4v) is 3.48. The van der Waals surface area contributed by atoms with Crippen molar-refractivity contribution in [2.24, 2.45) is 4.99 Å². The summed E-state index contributed by atoms with van der Waals surface area (Å²) in [5.74, 6) is 1.55. The number of hydrogen-bond donors (Lipinski definition) is 0. The molecule has 0 bridgehead atoms. The first-order valence-electron chi connectivity index (χ1n) is 5.52. The van der Waals surface area contributed by atoms with Gasteiger partial charge in [0.1, 0.15) is 5.84 Å². The van der Waals surface area contributed by atoms with Crippen molar-refractivity contribution < 1.29 is 17.9 Å². The third-order valence-electron chi connectivity index (χ3n) is 2.94. The van der Waals surface area contributed by atoms with E-state index in [0.29, 0.717) is 30.4 Å². The Labute approximate surface area is 105 Å². The molecule has 18 heavy (non-hydrogen) atoms. The predicted molar refractivity (Wildman–Crippen MR) is 64.4 cm³/mol. The maximum atomic E-state index is 12.4. The molecular formula is C11H12N2O4S. The number of amidine groups is 1. The zero-order valence-electron chi connectivity index (χ0n) is 9.79. The first-order valence-corrected chi connectivity index (χ1v) is 6.96. The molecule has 0 fully saturated rings. The lowest BCUT2D eigenvalue weighted by Crippen LogP contribution is -2.32. The zero-order valence-corrected chi connectivity index (χ0v) is 10.6. The Morgan fingerprint density at radius 1 is 1.28 bits per heavy atom. The number of benzene rings is 1. The monoisotopic (exact) mass is 268 g/mol. The summed E-state index contributed by atoms with van der Waals surface area (Å²) in [4.78, 5) is 4.29. The highest BCUT2D eigenvalue weighted by atomic mass is 32.2. The number of sulfonamides is 1. The summed E-state index contributed by atoms with van der Waals surface area (Å²) < 4.78 is 36.4. The molecule has 2 aliphatic rings. The summed E-state index contributed by atoms with van der Waals surface area (Å²) >= 11 is 0. The molecule has 3 rings (SSSR count). The predicted octanol–water partition coefficient (Wildman–Crippen LogP) is 0.838. The molecule has 2 heterocycles. The summed E-state index contributed by atoms with van der Waals surface area (Å²) in [5, 5.41) is 0. The molecule has 7 heteroatoms. The van der Waals surface area contributed by atoms with E-state index in [9.17, 15) is 8.42 Å². The molecule has 1 aromatic carbocycles. The van der Waals surface area contributed by atoms with Crippen molar-refractivity contribution in [2.45, 2.75) is 11.8 Å². The maximum absolute atomic E-state index is 12.4. The fraction of sp³-hybridized carbons (Fsp3) is 0.364. The number of fused-ring (bicyclic) bond motifs is 1. The van der Waals surface area contributed by atoms with Crippen LogP contribution in [0.1, 0.15) is 6.92 Å². The van der Waals surface area contributed by atoms with Gasteiger partial charge in [-0.25, -0.2) is 8.42 Å². The highest BCUT2D eigenvalue weighted by molar-refractivity contribution is 7.89. The third kappa shape index (κ3) is 1.62. The van der Waals surface area contributed by atoms with E-state index >= 15 is 0 Å². The quantitative estimate of drug-likeness (QED) is 0.797. The molecule has 0 unspecified atom stereocenters. The summed E-state index contributed by atoms with van der Waals surface area (Å²) in [6.45, 7) is 2.72. The Balaban J connectivity index is 2.02. The van der Waals surface area contributed by atoms with Gasteiger partial charge in [-0.05, 0) is 19.1 Å². The minimum absolute atomic E-state index is 0.128. The lowest BCUT2D eigenvalue weighted by atomic mass is 10.3. The van der Waals surface area contributed by atoms with Gasteiger partial charge >= 0.3 is 0 Å². The molecule has 6 nitrogen and oxygen atoms in total. The van der Waals surface area contributed by atoms with Crippen LogP contribution in [0.5, 0.6) is 11.5 Å². The van der Waals surface area contributed by atoms with E-state index in [1.807, 2.05) is 0 Å². The largest absolute Gasteiger partial charge is 0.454 e. The van der Waals surface area contributed by atoms with Crippen LogP contribution >= 0.6 is 0 Å². The molecule has 2 aliphatic heterocycles. The van der Waals surface area contributed by atoms with E-state index in [1.165, 1.54) is 16.4 Å². The van der Waals surface area contributed by atoms with Gasteiger partial charge in [-0.3, -0.25) is 9.30 Å². The molecular weight excluding hydrogens is 256 g/mol. The first kappa shape index (κ1) is 11.3. The third-order valence-corrected chi connectivity index (χ3v) is 4.81. The second-order valence-corrected chi connectivity index (χ2v) is 5.88. The Kier molecular flexibility index (Phi) is 2.44. The van der Waals surface area contributed by atoms with Crippen LogP contribution in [-0.2, 0) is 10.0 Å². The van der Waals surface area contributed by atoms with Crippen LogP contribution in [0.2, 0.25) is 0 Å². The van der Waals surface area contributed by atoms with Crippen molar-refractivity contribution in [3.8, 4) is 11.5 Å². The molecule has 0 atom stereocenters. The van der Waals surface area contributed by atoms with Crippen molar-refractivity contribution in [1.29, 1.82) is 0 Å². The highest BCUT2D eigenvalue weighted by Crippen LogP contribution is 2.34. The van der Waals surface area contributed by atoms with Gasteiger partial charge in [0.25, 0.3) is 10.0 Å². The van der Waals surface area contributed by atoms with Gasteiger partial charge in [0.2, 0.25) is 6.79 Å². The van der Waals surface area contributed by atoms with Crippen molar-refractivity contribution in [3.05, 3.63) is 18.2 Å². The second-order valence-electron chi connectivity index (χ2n) is 4.02. The number of ether oxygens (including phenoxy) is 2. The topological polar surface area (TPSA) is 68.2 Å². The molecule has 96 valence electrons. The highest BCUT2D eigenvalue weighted by Gasteiger charge is 2.29. The van der Waals surface area contributed by atoms with E-state index in [4.69, 9.17) is 9.47 Å². The number of hydrogen-bond acceptors (Lipinski definition) is 5. The van der Waals surface area contributed by atoms with Crippen LogP contribution in [-0.4, -0.2) is 38.4 Å². The van der Waals surface area contributed by atoms with Crippen LogP contribution in [0.3, 0.4) is 0 Å². The van der Waals surface area contributed by atoms with Gasteiger partial charge in [-0.15, -0.1) is 0 Å². The summed E-state index contributed by atoms with van der Waals surface area (Å²) in [6, 6.07) is 4.62. The molecule has 0 spiro atoms. The van der Waals surface area contributed by atoms with Crippen LogP contribution in [0.25, 0.3) is 0 Å². The Morgan fingerprint density at radius 2 is 2.06 bits per heavy atom. The van der Waals surface area contributed by atoms with Crippen molar-refractivity contribution >= 4 is 15.9 Å². The van der Waals surface area contributed by atoms with Crippen LogP contribution in [0.15, 0.2) is 28.1 Å².